The minimum Gasteiger partial charge on any atom is -0.374 e. The number of hydrogen-bond donors (Lipinski definition) is 1. The van der Waals surface area contributed by atoms with Gasteiger partial charge in [-0.1, -0.05) is 66.7 Å². The van der Waals surface area contributed by atoms with Gasteiger partial charge in [-0.2, -0.15) is 0 Å². The van der Waals surface area contributed by atoms with Gasteiger partial charge in [-0.05, 0) is 34.7 Å². The van der Waals surface area contributed by atoms with E-state index in [1.807, 2.05) is 18.5 Å². The van der Waals surface area contributed by atoms with Crippen molar-refractivity contribution < 1.29 is 0 Å². The van der Waals surface area contributed by atoms with Crippen molar-refractivity contribution in [1.29, 1.82) is 0 Å². The summed E-state index contributed by atoms with van der Waals surface area (Å²) in [5.74, 6) is 0. The van der Waals surface area contributed by atoms with Gasteiger partial charge in [0.05, 0.1) is 6.04 Å². The molecule has 0 bridgehead atoms. The van der Waals surface area contributed by atoms with Crippen molar-refractivity contribution in [2.45, 2.75) is 6.04 Å². The predicted molar refractivity (Wildman–Crippen MR) is 100 cm³/mol. The van der Waals surface area contributed by atoms with Crippen LogP contribution >= 0.6 is 0 Å². The molecule has 0 fully saturated rings. The van der Waals surface area contributed by atoms with Crippen molar-refractivity contribution in [3.8, 4) is 0 Å². The minimum absolute atomic E-state index is 0.0833. The molecule has 0 saturated carbocycles. The quantitative estimate of drug-likeness (QED) is 0.543. The van der Waals surface area contributed by atoms with Crippen molar-refractivity contribution in [3.63, 3.8) is 0 Å². The fraction of sp³-hybridized carbons (Fsp3) is 0.0455. The summed E-state index contributed by atoms with van der Waals surface area (Å²) >= 11 is 0. The molecule has 0 amide bonds. The Labute approximate surface area is 141 Å². The normalized spacial score (nSPS) is 12.0. The van der Waals surface area contributed by atoms with Gasteiger partial charge in [-0.15, -0.1) is 0 Å². The number of rotatable bonds is 4. The molecule has 4 rings (SSSR count). The Morgan fingerprint density at radius 3 is 2.12 bits per heavy atom. The fourth-order valence-corrected chi connectivity index (χ4v) is 3.07. The van der Waals surface area contributed by atoms with Crippen LogP contribution in [-0.2, 0) is 0 Å². The summed E-state index contributed by atoms with van der Waals surface area (Å²) in [7, 11) is 0. The molecular formula is C22H18N2. The summed E-state index contributed by atoms with van der Waals surface area (Å²) in [4.78, 5) is 4.15. The van der Waals surface area contributed by atoms with Crippen LogP contribution in [0.2, 0.25) is 0 Å². The topological polar surface area (TPSA) is 24.9 Å². The molecule has 0 aliphatic rings. The Morgan fingerprint density at radius 1 is 0.625 bits per heavy atom. The monoisotopic (exact) mass is 310 g/mol. The summed E-state index contributed by atoms with van der Waals surface area (Å²) < 4.78 is 0. The molecular weight excluding hydrogens is 292 g/mol. The summed E-state index contributed by atoms with van der Waals surface area (Å²) in [5.41, 5.74) is 3.57. The first-order valence-corrected chi connectivity index (χ1v) is 8.11. The summed E-state index contributed by atoms with van der Waals surface area (Å²) in [5, 5.41) is 6.20. The zero-order valence-electron chi connectivity index (χ0n) is 13.3. The Balaban J connectivity index is 1.80. The molecule has 116 valence electrons. The predicted octanol–water partition coefficient (Wildman–Crippen LogP) is 5.44. The van der Waals surface area contributed by atoms with Gasteiger partial charge in [0, 0.05) is 23.5 Å². The second-order valence-electron chi connectivity index (χ2n) is 5.80. The lowest BCUT2D eigenvalue weighted by atomic mass is 9.98. The first-order chi connectivity index (χ1) is 11.9. The van der Waals surface area contributed by atoms with Gasteiger partial charge in [0.1, 0.15) is 0 Å². The van der Waals surface area contributed by atoms with E-state index in [0.717, 1.165) is 5.69 Å². The molecule has 0 aliphatic carbocycles. The Hall–Kier alpha value is -3.13. The van der Waals surface area contributed by atoms with Crippen LogP contribution < -0.4 is 5.32 Å². The maximum Gasteiger partial charge on any atom is 0.0768 e. The Bertz CT molecular complexity index is 889. The number of benzene rings is 3. The third-order valence-electron chi connectivity index (χ3n) is 4.26. The lowest BCUT2D eigenvalue weighted by molar-refractivity contribution is 0.936. The highest BCUT2D eigenvalue weighted by Gasteiger charge is 2.14. The molecule has 1 N–H and O–H groups in total. The SMILES string of the molecule is c1ccc(C(Nc2cccc3ccccc23)c2ccncc2)cc1. The van der Waals surface area contributed by atoms with E-state index >= 15 is 0 Å². The zero-order valence-corrected chi connectivity index (χ0v) is 13.3. The minimum atomic E-state index is 0.0833. The molecule has 1 atom stereocenters. The van der Waals surface area contributed by atoms with Gasteiger partial charge >= 0.3 is 0 Å². The molecule has 0 saturated heterocycles. The molecule has 3 aromatic carbocycles. The molecule has 0 aliphatic heterocycles. The van der Waals surface area contributed by atoms with Crippen LogP contribution in [0.5, 0.6) is 0 Å². The van der Waals surface area contributed by atoms with Crippen molar-refractivity contribution in [1.82, 2.24) is 4.98 Å². The van der Waals surface area contributed by atoms with Crippen LogP contribution in [0.25, 0.3) is 10.8 Å². The summed E-state index contributed by atoms with van der Waals surface area (Å²) in [6, 6.07) is 29.6. The highest BCUT2D eigenvalue weighted by Crippen LogP contribution is 2.30. The van der Waals surface area contributed by atoms with E-state index in [1.54, 1.807) is 0 Å². The van der Waals surface area contributed by atoms with E-state index in [4.69, 9.17) is 0 Å². The molecule has 0 spiro atoms. The van der Waals surface area contributed by atoms with E-state index in [9.17, 15) is 0 Å². The highest BCUT2D eigenvalue weighted by atomic mass is 14.9. The van der Waals surface area contributed by atoms with E-state index in [2.05, 4.69) is 89.2 Å². The lowest BCUT2D eigenvalue weighted by Crippen LogP contribution is -2.12. The van der Waals surface area contributed by atoms with Crippen LogP contribution in [-0.4, -0.2) is 4.98 Å². The van der Waals surface area contributed by atoms with Crippen molar-refractivity contribution >= 4 is 16.5 Å². The number of hydrogen-bond acceptors (Lipinski definition) is 2. The fourth-order valence-electron chi connectivity index (χ4n) is 3.07. The second-order valence-corrected chi connectivity index (χ2v) is 5.80. The third kappa shape index (κ3) is 2.86. The zero-order chi connectivity index (χ0) is 16.2. The molecule has 24 heavy (non-hydrogen) atoms. The Morgan fingerprint density at radius 2 is 1.29 bits per heavy atom. The van der Waals surface area contributed by atoms with Crippen LogP contribution in [0, 0.1) is 0 Å². The van der Waals surface area contributed by atoms with Gasteiger partial charge in [0.2, 0.25) is 0 Å². The van der Waals surface area contributed by atoms with Crippen LogP contribution in [0.15, 0.2) is 97.3 Å². The number of nitrogens with zero attached hydrogens (tertiary/aromatic N) is 1. The number of fused-ring (bicyclic) bond motifs is 1. The number of nitrogens with one attached hydrogen (secondary N) is 1. The molecule has 2 nitrogen and oxygen atoms in total. The van der Waals surface area contributed by atoms with Crippen molar-refractivity contribution in [3.05, 3.63) is 108 Å². The number of anilines is 1. The molecule has 1 unspecified atom stereocenters. The molecule has 4 aromatic rings. The maximum absolute atomic E-state index is 4.15. The van der Waals surface area contributed by atoms with Gasteiger partial charge in [-0.3, -0.25) is 4.98 Å². The second kappa shape index (κ2) is 6.55. The molecule has 1 aromatic heterocycles. The van der Waals surface area contributed by atoms with E-state index in [0.29, 0.717) is 0 Å². The largest absolute Gasteiger partial charge is 0.374 e. The van der Waals surface area contributed by atoms with Gasteiger partial charge in [-0.25, -0.2) is 0 Å². The van der Waals surface area contributed by atoms with Crippen LogP contribution in [0.1, 0.15) is 17.2 Å². The number of aromatic nitrogens is 1. The van der Waals surface area contributed by atoms with E-state index in [1.165, 1.54) is 21.9 Å². The van der Waals surface area contributed by atoms with Gasteiger partial charge < -0.3 is 5.32 Å². The van der Waals surface area contributed by atoms with E-state index < -0.39 is 0 Å². The molecule has 2 heteroatoms. The first-order valence-electron chi connectivity index (χ1n) is 8.11. The lowest BCUT2D eigenvalue weighted by Gasteiger charge is -2.22. The van der Waals surface area contributed by atoms with Gasteiger partial charge in [0.15, 0.2) is 0 Å². The standard InChI is InChI=1S/C22H18N2/c1-2-8-18(9-3-1)22(19-13-15-23-16-14-19)24-21-12-6-10-17-7-4-5-11-20(17)21/h1-16,22,24H. The van der Waals surface area contributed by atoms with Gasteiger partial charge in [0.25, 0.3) is 0 Å². The summed E-state index contributed by atoms with van der Waals surface area (Å²) in [6.07, 6.45) is 3.69. The first kappa shape index (κ1) is 14.5. The van der Waals surface area contributed by atoms with Crippen LogP contribution in [0.4, 0.5) is 5.69 Å². The maximum atomic E-state index is 4.15. The number of pyridine rings is 1. The van der Waals surface area contributed by atoms with Crippen molar-refractivity contribution in [2.24, 2.45) is 0 Å². The van der Waals surface area contributed by atoms with Crippen LogP contribution in [0.3, 0.4) is 0 Å². The average Bonchev–Trinajstić information content (AvgIpc) is 2.67. The highest BCUT2D eigenvalue weighted by molar-refractivity contribution is 5.94. The Kier molecular flexibility index (Phi) is 3.95. The third-order valence-corrected chi connectivity index (χ3v) is 4.26. The molecule has 0 radical (unpaired) electrons. The summed E-state index contributed by atoms with van der Waals surface area (Å²) in [6.45, 7) is 0. The van der Waals surface area contributed by atoms with E-state index in [-0.39, 0.29) is 6.04 Å². The average molecular weight is 310 g/mol. The van der Waals surface area contributed by atoms with Crippen molar-refractivity contribution in [2.75, 3.05) is 5.32 Å². The molecule has 1 heterocycles. The smallest absolute Gasteiger partial charge is 0.0768 e.